The van der Waals surface area contributed by atoms with Crippen molar-refractivity contribution in [3.8, 4) is 0 Å². The van der Waals surface area contributed by atoms with Gasteiger partial charge in [-0.15, -0.1) is 0 Å². The normalized spacial score (nSPS) is 11.8. The molecule has 1 atom stereocenters. The number of carboxylic acid groups (broad SMARTS) is 1. The first-order valence-corrected chi connectivity index (χ1v) is 2.91. The van der Waals surface area contributed by atoms with E-state index < -0.39 is 12.0 Å². The Morgan fingerprint density at radius 2 is 2.33 bits per heavy atom. The van der Waals surface area contributed by atoms with E-state index in [1.54, 1.807) is 0 Å². The van der Waals surface area contributed by atoms with Crippen molar-refractivity contribution >= 4 is 18.6 Å². The Bertz CT molecular complexity index is 95.3. The zero-order chi connectivity index (χ0) is 6.57. The van der Waals surface area contributed by atoms with Crippen molar-refractivity contribution in [3.63, 3.8) is 0 Å². The second-order valence-corrected chi connectivity index (χ2v) is 1.90. The van der Waals surface area contributed by atoms with Gasteiger partial charge in [0.05, 0.1) is 0 Å². The van der Waals surface area contributed by atoms with Crippen LogP contribution in [0.5, 0.6) is 0 Å². The van der Waals surface area contributed by atoms with Crippen LogP contribution >= 0.6 is 12.6 Å². The van der Waals surface area contributed by atoms with Crippen LogP contribution in [0.3, 0.4) is 0 Å². The maximum absolute atomic E-state index is 9.93. The van der Waals surface area contributed by atoms with Crippen molar-refractivity contribution in [3.05, 3.63) is 0 Å². The van der Waals surface area contributed by atoms with Crippen LogP contribution in [0.25, 0.3) is 0 Å². The minimum Gasteiger partial charge on any atom is -1.00 e. The van der Waals surface area contributed by atoms with Gasteiger partial charge in [-0.1, -0.05) is 0 Å². The van der Waals surface area contributed by atoms with E-state index in [1.807, 2.05) is 0 Å². The van der Waals surface area contributed by atoms with Gasteiger partial charge in [0.2, 0.25) is 0 Å². The van der Waals surface area contributed by atoms with Gasteiger partial charge in [0.25, 0.3) is 0 Å². The molecule has 0 unspecified atom stereocenters. The van der Waals surface area contributed by atoms with Crippen LogP contribution in [0.4, 0.5) is 0 Å². The molecular weight excluding hydrogens is 149 g/mol. The SMILES string of the molecule is N[C@@H](CCS)C(=O)O.[H-].[Na+]. The van der Waals surface area contributed by atoms with Crippen molar-refractivity contribution in [2.24, 2.45) is 5.73 Å². The molecule has 0 aromatic heterocycles. The molecule has 0 aromatic rings. The van der Waals surface area contributed by atoms with Gasteiger partial charge < -0.3 is 12.3 Å². The number of carboxylic acids is 1. The summed E-state index contributed by atoms with van der Waals surface area (Å²) in [5.41, 5.74) is 5.08. The molecule has 0 aliphatic carbocycles. The molecule has 0 aliphatic rings. The van der Waals surface area contributed by atoms with E-state index in [-0.39, 0.29) is 31.0 Å². The number of hydrogen-bond acceptors (Lipinski definition) is 3. The first kappa shape index (κ1) is 12.5. The Hall–Kier alpha value is 0.780. The van der Waals surface area contributed by atoms with Gasteiger partial charge in [0.15, 0.2) is 0 Å². The van der Waals surface area contributed by atoms with Crippen LogP contribution in [0.15, 0.2) is 0 Å². The van der Waals surface area contributed by atoms with E-state index in [0.717, 1.165) is 0 Å². The van der Waals surface area contributed by atoms with E-state index in [0.29, 0.717) is 12.2 Å². The number of aliphatic carboxylic acids is 1. The van der Waals surface area contributed by atoms with E-state index in [1.165, 1.54) is 0 Å². The molecule has 3 N–H and O–H groups in total. The Labute approximate surface area is 83.2 Å². The van der Waals surface area contributed by atoms with Crippen molar-refractivity contribution in [2.75, 3.05) is 5.75 Å². The molecule has 0 bridgehead atoms. The van der Waals surface area contributed by atoms with Crippen LogP contribution in [-0.4, -0.2) is 22.9 Å². The Morgan fingerprint density at radius 1 is 1.89 bits per heavy atom. The van der Waals surface area contributed by atoms with Gasteiger partial charge >= 0.3 is 35.5 Å². The van der Waals surface area contributed by atoms with Crippen molar-refractivity contribution in [1.82, 2.24) is 0 Å². The molecule has 0 radical (unpaired) electrons. The molecule has 0 rings (SSSR count). The fraction of sp³-hybridized carbons (Fsp3) is 0.750. The van der Waals surface area contributed by atoms with Crippen LogP contribution in [0, 0.1) is 0 Å². The van der Waals surface area contributed by atoms with Crippen LogP contribution in [0.2, 0.25) is 0 Å². The summed E-state index contributed by atoms with van der Waals surface area (Å²) in [5.74, 6) is -0.438. The summed E-state index contributed by atoms with van der Waals surface area (Å²) in [6.07, 6.45) is 0.429. The molecule has 5 heteroatoms. The summed E-state index contributed by atoms with van der Waals surface area (Å²) in [5, 5.41) is 8.15. The number of carbonyl (C=O) groups is 1. The number of hydrogen-bond donors (Lipinski definition) is 3. The molecular formula is C4H10NNaO2S. The Kier molecular flexibility index (Phi) is 9.54. The van der Waals surface area contributed by atoms with E-state index in [9.17, 15) is 4.79 Å². The van der Waals surface area contributed by atoms with E-state index in [2.05, 4.69) is 12.6 Å². The van der Waals surface area contributed by atoms with Gasteiger partial charge in [-0.3, -0.25) is 4.79 Å². The predicted molar refractivity (Wildman–Crippen MR) is 35.2 cm³/mol. The summed E-state index contributed by atoms with van der Waals surface area (Å²) in [6, 6.07) is -0.743. The average molecular weight is 159 g/mol. The molecule has 0 heterocycles. The van der Waals surface area contributed by atoms with E-state index >= 15 is 0 Å². The molecule has 0 saturated heterocycles. The summed E-state index contributed by atoms with van der Waals surface area (Å²) >= 11 is 3.81. The molecule has 3 nitrogen and oxygen atoms in total. The van der Waals surface area contributed by atoms with Crippen molar-refractivity contribution in [1.29, 1.82) is 0 Å². The second-order valence-electron chi connectivity index (χ2n) is 1.46. The largest absolute Gasteiger partial charge is 1.00 e. The minimum absolute atomic E-state index is 0. The third kappa shape index (κ3) is 6.67. The summed E-state index contributed by atoms with van der Waals surface area (Å²) < 4.78 is 0. The van der Waals surface area contributed by atoms with Gasteiger partial charge in [-0.2, -0.15) is 12.6 Å². The Balaban J connectivity index is -0.000000245. The van der Waals surface area contributed by atoms with Gasteiger partial charge in [-0.05, 0) is 12.2 Å². The van der Waals surface area contributed by atoms with Gasteiger partial charge in [0.1, 0.15) is 6.04 Å². The molecule has 0 aliphatic heterocycles. The molecule has 9 heavy (non-hydrogen) atoms. The predicted octanol–water partition coefficient (Wildman–Crippen LogP) is -3.17. The van der Waals surface area contributed by atoms with Crippen LogP contribution < -0.4 is 35.3 Å². The fourth-order valence-corrected chi connectivity index (χ4v) is 0.541. The van der Waals surface area contributed by atoms with E-state index in [4.69, 9.17) is 10.8 Å². The summed E-state index contributed by atoms with van der Waals surface area (Å²) in [7, 11) is 0. The zero-order valence-corrected chi connectivity index (χ0v) is 8.27. The fourth-order valence-electron chi connectivity index (χ4n) is 0.263. The number of thiol groups is 1. The quantitative estimate of drug-likeness (QED) is 0.301. The number of rotatable bonds is 3. The molecule has 0 spiro atoms. The Morgan fingerprint density at radius 3 is 2.44 bits per heavy atom. The smallest absolute Gasteiger partial charge is 1.00 e. The zero-order valence-electron chi connectivity index (χ0n) is 6.37. The molecule has 0 fully saturated rings. The van der Waals surface area contributed by atoms with Gasteiger partial charge in [-0.25, -0.2) is 0 Å². The molecule has 0 saturated carbocycles. The van der Waals surface area contributed by atoms with Crippen molar-refractivity contribution < 1.29 is 40.9 Å². The first-order chi connectivity index (χ1) is 3.68. The average Bonchev–Trinajstić information content (AvgIpc) is 1.67. The van der Waals surface area contributed by atoms with Gasteiger partial charge in [0, 0.05) is 0 Å². The second kappa shape index (κ2) is 6.89. The maximum atomic E-state index is 9.93. The molecule has 50 valence electrons. The van der Waals surface area contributed by atoms with Crippen LogP contribution in [-0.2, 0) is 4.79 Å². The minimum atomic E-state index is -0.959. The third-order valence-electron chi connectivity index (χ3n) is 0.757. The molecule has 0 amide bonds. The number of nitrogens with two attached hydrogens (primary N) is 1. The maximum Gasteiger partial charge on any atom is 1.00 e. The third-order valence-corrected chi connectivity index (χ3v) is 1.02. The standard InChI is InChI=1S/C4H9NO2S.Na.H/c5-3(1-2-8)4(6)7;;/h3,8H,1-2,5H2,(H,6,7);;/q;+1;-1/t3-;;/m0../s1. The topological polar surface area (TPSA) is 63.3 Å². The first-order valence-electron chi connectivity index (χ1n) is 2.27. The van der Waals surface area contributed by atoms with Crippen LogP contribution in [0.1, 0.15) is 7.85 Å². The summed E-state index contributed by atoms with van der Waals surface area (Å²) in [4.78, 5) is 9.93. The monoisotopic (exact) mass is 159 g/mol. The summed E-state index contributed by atoms with van der Waals surface area (Å²) in [6.45, 7) is 0. The van der Waals surface area contributed by atoms with Crippen molar-refractivity contribution in [2.45, 2.75) is 12.5 Å². The molecule has 0 aromatic carbocycles.